The topological polar surface area (TPSA) is 63.2 Å². The van der Waals surface area contributed by atoms with Gasteiger partial charge >= 0.3 is 0 Å². The molecule has 1 aliphatic heterocycles. The summed E-state index contributed by atoms with van der Waals surface area (Å²) >= 11 is 0. The summed E-state index contributed by atoms with van der Waals surface area (Å²) in [6.45, 7) is 5.36. The fourth-order valence-electron chi connectivity index (χ4n) is 2.12. The van der Waals surface area contributed by atoms with E-state index in [-0.39, 0.29) is 0 Å². The Hall–Kier alpha value is -1.43. The Bertz CT molecular complexity index is 429. The maximum absolute atomic E-state index is 5.38. The van der Waals surface area contributed by atoms with Crippen molar-refractivity contribution >= 4 is 11.9 Å². The standard InChI is InChI=1S/C13H21N5O/c1-2-3-11-15-12(14-10-4-5-10)17-13(16-11)18-6-8-19-9-7-18/h10H,2-9H2,1H3,(H,14,15,16,17). The highest BCUT2D eigenvalue weighted by molar-refractivity contribution is 5.38. The number of nitrogens with zero attached hydrogens (tertiary/aromatic N) is 4. The Labute approximate surface area is 113 Å². The van der Waals surface area contributed by atoms with E-state index in [1.165, 1.54) is 12.8 Å². The van der Waals surface area contributed by atoms with Crippen molar-refractivity contribution in [1.82, 2.24) is 15.0 Å². The van der Waals surface area contributed by atoms with Gasteiger partial charge in [-0.25, -0.2) is 0 Å². The van der Waals surface area contributed by atoms with Crippen LogP contribution >= 0.6 is 0 Å². The molecule has 0 aromatic carbocycles. The molecule has 19 heavy (non-hydrogen) atoms. The molecule has 6 heteroatoms. The molecule has 2 fully saturated rings. The predicted molar refractivity (Wildman–Crippen MR) is 73.5 cm³/mol. The van der Waals surface area contributed by atoms with E-state index < -0.39 is 0 Å². The van der Waals surface area contributed by atoms with Gasteiger partial charge in [0.15, 0.2) is 0 Å². The van der Waals surface area contributed by atoms with Crippen molar-refractivity contribution in [2.45, 2.75) is 38.6 Å². The molecular formula is C13H21N5O. The number of ether oxygens (including phenoxy) is 1. The first kappa shape index (κ1) is 12.6. The van der Waals surface area contributed by atoms with Gasteiger partial charge in [-0.2, -0.15) is 15.0 Å². The van der Waals surface area contributed by atoms with Gasteiger partial charge in [-0.05, 0) is 19.3 Å². The average Bonchev–Trinajstić information content (AvgIpc) is 3.24. The molecule has 6 nitrogen and oxygen atoms in total. The molecule has 0 spiro atoms. The summed E-state index contributed by atoms with van der Waals surface area (Å²) in [4.78, 5) is 15.8. The van der Waals surface area contributed by atoms with Crippen LogP contribution in [0.15, 0.2) is 0 Å². The van der Waals surface area contributed by atoms with E-state index in [1.807, 2.05) is 0 Å². The molecule has 0 radical (unpaired) electrons. The summed E-state index contributed by atoms with van der Waals surface area (Å²) in [5, 5.41) is 3.37. The number of rotatable bonds is 5. The van der Waals surface area contributed by atoms with Crippen molar-refractivity contribution in [2.75, 3.05) is 36.5 Å². The molecule has 1 aromatic rings. The van der Waals surface area contributed by atoms with Crippen LogP contribution in [0.5, 0.6) is 0 Å². The molecule has 0 unspecified atom stereocenters. The summed E-state index contributed by atoms with van der Waals surface area (Å²) < 4.78 is 5.38. The van der Waals surface area contributed by atoms with Crippen LogP contribution in [0.2, 0.25) is 0 Å². The molecule has 1 aliphatic carbocycles. The Kier molecular flexibility index (Phi) is 3.77. The Morgan fingerprint density at radius 1 is 1.21 bits per heavy atom. The van der Waals surface area contributed by atoms with Crippen LogP contribution in [-0.2, 0) is 11.2 Å². The van der Waals surface area contributed by atoms with Crippen LogP contribution in [0.1, 0.15) is 32.0 Å². The van der Waals surface area contributed by atoms with Crippen LogP contribution < -0.4 is 10.2 Å². The molecule has 2 heterocycles. The summed E-state index contributed by atoms with van der Waals surface area (Å²) in [5.41, 5.74) is 0. The molecule has 0 bridgehead atoms. The van der Waals surface area contributed by atoms with Gasteiger partial charge in [0.25, 0.3) is 0 Å². The lowest BCUT2D eigenvalue weighted by Crippen LogP contribution is -2.37. The first-order valence-corrected chi connectivity index (χ1v) is 7.19. The van der Waals surface area contributed by atoms with Gasteiger partial charge in [0.2, 0.25) is 11.9 Å². The van der Waals surface area contributed by atoms with Crippen LogP contribution in [0, 0.1) is 0 Å². The highest BCUT2D eigenvalue weighted by atomic mass is 16.5. The summed E-state index contributed by atoms with van der Waals surface area (Å²) in [6, 6.07) is 0.564. The Balaban J connectivity index is 1.80. The average molecular weight is 263 g/mol. The minimum atomic E-state index is 0.564. The van der Waals surface area contributed by atoms with Gasteiger partial charge in [-0.3, -0.25) is 0 Å². The van der Waals surface area contributed by atoms with E-state index in [0.29, 0.717) is 6.04 Å². The highest BCUT2D eigenvalue weighted by Gasteiger charge is 2.23. The summed E-state index contributed by atoms with van der Waals surface area (Å²) in [5.74, 6) is 2.43. The number of hydrogen-bond donors (Lipinski definition) is 1. The van der Waals surface area contributed by atoms with Gasteiger partial charge in [0.05, 0.1) is 13.2 Å². The molecule has 104 valence electrons. The minimum absolute atomic E-state index is 0.564. The third-order valence-electron chi connectivity index (χ3n) is 3.35. The van der Waals surface area contributed by atoms with Gasteiger partial charge in [-0.15, -0.1) is 0 Å². The zero-order valence-corrected chi connectivity index (χ0v) is 11.4. The van der Waals surface area contributed by atoms with E-state index in [4.69, 9.17) is 4.74 Å². The quantitative estimate of drug-likeness (QED) is 0.862. The van der Waals surface area contributed by atoms with E-state index in [0.717, 1.165) is 56.9 Å². The molecule has 0 atom stereocenters. The van der Waals surface area contributed by atoms with Crippen molar-refractivity contribution in [3.05, 3.63) is 5.82 Å². The first-order valence-electron chi connectivity index (χ1n) is 7.19. The lowest BCUT2D eigenvalue weighted by atomic mass is 10.3. The van der Waals surface area contributed by atoms with Crippen LogP contribution in [0.3, 0.4) is 0 Å². The lowest BCUT2D eigenvalue weighted by molar-refractivity contribution is 0.122. The summed E-state index contributed by atoms with van der Waals surface area (Å²) in [7, 11) is 0. The van der Waals surface area contributed by atoms with E-state index in [2.05, 4.69) is 32.1 Å². The molecule has 1 N–H and O–H groups in total. The monoisotopic (exact) mass is 263 g/mol. The number of aromatic nitrogens is 3. The molecule has 3 rings (SSSR count). The van der Waals surface area contributed by atoms with E-state index in [1.54, 1.807) is 0 Å². The molecule has 1 aromatic heterocycles. The third-order valence-corrected chi connectivity index (χ3v) is 3.35. The molecule has 2 aliphatic rings. The lowest BCUT2D eigenvalue weighted by Gasteiger charge is -2.27. The van der Waals surface area contributed by atoms with Gasteiger partial charge in [0, 0.05) is 25.6 Å². The number of anilines is 2. The molecule has 1 saturated heterocycles. The third kappa shape index (κ3) is 3.32. The minimum Gasteiger partial charge on any atom is -0.378 e. The zero-order valence-electron chi connectivity index (χ0n) is 11.4. The zero-order chi connectivity index (χ0) is 13.1. The van der Waals surface area contributed by atoms with Crippen molar-refractivity contribution in [3.8, 4) is 0 Å². The van der Waals surface area contributed by atoms with Crippen molar-refractivity contribution in [1.29, 1.82) is 0 Å². The van der Waals surface area contributed by atoms with E-state index >= 15 is 0 Å². The second-order valence-electron chi connectivity index (χ2n) is 5.14. The highest BCUT2D eigenvalue weighted by Crippen LogP contribution is 2.24. The molecule has 1 saturated carbocycles. The van der Waals surface area contributed by atoms with Crippen LogP contribution in [-0.4, -0.2) is 47.3 Å². The molecular weight excluding hydrogens is 242 g/mol. The Morgan fingerprint density at radius 2 is 2.00 bits per heavy atom. The Morgan fingerprint density at radius 3 is 2.68 bits per heavy atom. The second-order valence-corrected chi connectivity index (χ2v) is 5.14. The first-order chi connectivity index (χ1) is 9.35. The second kappa shape index (κ2) is 5.69. The van der Waals surface area contributed by atoms with E-state index in [9.17, 15) is 0 Å². The number of nitrogens with one attached hydrogen (secondary N) is 1. The number of morpholine rings is 1. The van der Waals surface area contributed by atoms with Gasteiger partial charge in [-0.1, -0.05) is 6.92 Å². The van der Waals surface area contributed by atoms with Crippen molar-refractivity contribution in [2.24, 2.45) is 0 Å². The molecule has 0 amide bonds. The SMILES string of the molecule is CCCc1nc(NC2CC2)nc(N2CCOCC2)n1. The number of aryl methyl sites for hydroxylation is 1. The fraction of sp³-hybridized carbons (Fsp3) is 0.769. The van der Waals surface area contributed by atoms with Gasteiger partial charge in [0.1, 0.15) is 5.82 Å². The number of hydrogen-bond acceptors (Lipinski definition) is 6. The maximum Gasteiger partial charge on any atom is 0.230 e. The van der Waals surface area contributed by atoms with Crippen LogP contribution in [0.4, 0.5) is 11.9 Å². The largest absolute Gasteiger partial charge is 0.378 e. The normalized spacial score (nSPS) is 19.5. The fourth-order valence-corrected chi connectivity index (χ4v) is 2.12. The predicted octanol–water partition coefficient (Wildman–Crippen LogP) is 1.23. The van der Waals surface area contributed by atoms with Crippen molar-refractivity contribution in [3.63, 3.8) is 0 Å². The van der Waals surface area contributed by atoms with Crippen LogP contribution in [0.25, 0.3) is 0 Å². The maximum atomic E-state index is 5.38. The smallest absolute Gasteiger partial charge is 0.230 e. The van der Waals surface area contributed by atoms with Gasteiger partial charge < -0.3 is 15.0 Å². The summed E-state index contributed by atoms with van der Waals surface area (Å²) in [6.07, 6.45) is 4.40. The van der Waals surface area contributed by atoms with Crippen molar-refractivity contribution < 1.29 is 4.74 Å².